The van der Waals surface area contributed by atoms with E-state index in [1.165, 1.54) is 0 Å². The summed E-state index contributed by atoms with van der Waals surface area (Å²) in [6.07, 6.45) is 4.83. The average Bonchev–Trinajstić information content (AvgIpc) is 2.53. The zero-order chi connectivity index (χ0) is 15.1. The zero-order valence-corrected chi connectivity index (χ0v) is 12.8. The molecule has 1 heterocycles. The van der Waals surface area contributed by atoms with E-state index in [1.807, 2.05) is 35.2 Å². The molecule has 1 aromatic carbocycles. The number of likely N-dealkylation sites (tertiary alicyclic amines) is 1. The molecule has 1 fully saturated rings. The van der Waals surface area contributed by atoms with Gasteiger partial charge in [0.1, 0.15) is 11.9 Å². The molecule has 1 atom stereocenters. The molecule has 4 heteroatoms. The minimum atomic E-state index is -0.337. The number of unbranched alkanes of at least 4 members (excludes halogenated alkanes) is 1. The van der Waals surface area contributed by atoms with Gasteiger partial charge in [-0.05, 0) is 18.6 Å². The van der Waals surface area contributed by atoms with Crippen LogP contribution in [0.1, 0.15) is 39.0 Å². The summed E-state index contributed by atoms with van der Waals surface area (Å²) < 4.78 is 5.94. The topological polar surface area (TPSA) is 55.6 Å². The average molecular weight is 290 g/mol. The Bertz CT molecular complexity index is 428. The highest BCUT2D eigenvalue weighted by Crippen LogP contribution is 2.19. The van der Waals surface area contributed by atoms with Crippen molar-refractivity contribution in [2.24, 2.45) is 5.73 Å². The van der Waals surface area contributed by atoms with E-state index >= 15 is 0 Å². The SMILES string of the molecule is CCCCC(N)C(=O)N1CCC(Oc2ccccc2)CC1. The lowest BCUT2D eigenvalue weighted by Gasteiger charge is -2.33. The first-order valence-corrected chi connectivity index (χ1v) is 7.96. The summed E-state index contributed by atoms with van der Waals surface area (Å²) in [4.78, 5) is 14.1. The highest BCUT2D eigenvalue weighted by atomic mass is 16.5. The molecule has 4 nitrogen and oxygen atoms in total. The van der Waals surface area contributed by atoms with Crippen molar-refractivity contribution in [3.63, 3.8) is 0 Å². The van der Waals surface area contributed by atoms with Crippen molar-refractivity contribution in [2.45, 2.75) is 51.2 Å². The molecule has 0 spiro atoms. The maximum Gasteiger partial charge on any atom is 0.239 e. The molecule has 116 valence electrons. The molecule has 1 unspecified atom stereocenters. The molecule has 0 bridgehead atoms. The van der Waals surface area contributed by atoms with Gasteiger partial charge in [-0.2, -0.15) is 0 Å². The molecule has 2 N–H and O–H groups in total. The number of hydrogen-bond donors (Lipinski definition) is 1. The Labute approximate surface area is 127 Å². The first-order chi connectivity index (χ1) is 10.2. The van der Waals surface area contributed by atoms with Crippen molar-refractivity contribution >= 4 is 5.91 Å². The number of carbonyl (C=O) groups excluding carboxylic acids is 1. The van der Waals surface area contributed by atoms with E-state index in [4.69, 9.17) is 10.5 Å². The van der Waals surface area contributed by atoms with Gasteiger partial charge < -0.3 is 15.4 Å². The number of amides is 1. The summed E-state index contributed by atoms with van der Waals surface area (Å²) >= 11 is 0. The third kappa shape index (κ3) is 4.74. The van der Waals surface area contributed by atoms with E-state index in [-0.39, 0.29) is 18.1 Å². The van der Waals surface area contributed by atoms with E-state index in [0.717, 1.165) is 50.9 Å². The van der Waals surface area contributed by atoms with Crippen molar-refractivity contribution in [3.05, 3.63) is 30.3 Å². The number of benzene rings is 1. The van der Waals surface area contributed by atoms with Gasteiger partial charge in [0.2, 0.25) is 5.91 Å². The number of nitrogens with two attached hydrogens (primary N) is 1. The third-order valence-corrected chi connectivity index (χ3v) is 3.99. The Morgan fingerprint density at radius 3 is 2.62 bits per heavy atom. The van der Waals surface area contributed by atoms with Crippen LogP contribution in [-0.2, 0) is 4.79 Å². The second kappa shape index (κ2) is 8.03. The van der Waals surface area contributed by atoms with Crippen LogP contribution >= 0.6 is 0 Å². The Morgan fingerprint density at radius 2 is 2.00 bits per heavy atom. The highest BCUT2D eigenvalue weighted by molar-refractivity contribution is 5.81. The second-order valence-electron chi connectivity index (χ2n) is 5.70. The Hall–Kier alpha value is -1.55. The summed E-state index contributed by atoms with van der Waals surface area (Å²) in [5, 5.41) is 0. The van der Waals surface area contributed by atoms with Crippen LogP contribution in [0.2, 0.25) is 0 Å². The van der Waals surface area contributed by atoms with Gasteiger partial charge in [-0.15, -0.1) is 0 Å². The van der Waals surface area contributed by atoms with Gasteiger partial charge in [0.05, 0.1) is 6.04 Å². The minimum absolute atomic E-state index is 0.0987. The Balaban J connectivity index is 1.76. The van der Waals surface area contributed by atoms with Crippen molar-refractivity contribution in [1.29, 1.82) is 0 Å². The van der Waals surface area contributed by atoms with Gasteiger partial charge in [-0.3, -0.25) is 4.79 Å². The predicted molar refractivity (Wildman–Crippen MR) is 84.2 cm³/mol. The largest absolute Gasteiger partial charge is 0.490 e. The second-order valence-corrected chi connectivity index (χ2v) is 5.70. The quantitative estimate of drug-likeness (QED) is 0.876. The van der Waals surface area contributed by atoms with Crippen LogP contribution in [0.25, 0.3) is 0 Å². The smallest absolute Gasteiger partial charge is 0.239 e. The van der Waals surface area contributed by atoms with Crippen LogP contribution in [0.4, 0.5) is 0 Å². The fourth-order valence-electron chi connectivity index (χ4n) is 2.67. The van der Waals surface area contributed by atoms with Crippen LogP contribution in [0.3, 0.4) is 0 Å². The molecule has 1 aliphatic rings. The first kappa shape index (κ1) is 15.8. The van der Waals surface area contributed by atoms with Crippen LogP contribution in [0.5, 0.6) is 5.75 Å². The van der Waals surface area contributed by atoms with Crippen molar-refractivity contribution in [1.82, 2.24) is 4.90 Å². The lowest BCUT2D eigenvalue weighted by molar-refractivity contribution is -0.134. The molecule has 21 heavy (non-hydrogen) atoms. The number of ether oxygens (including phenoxy) is 1. The molecule has 1 amide bonds. The summed E-state index contributed by atoms with van der Waals surface area (Å²) in [7, 11) is 0. The zero-order valence-electron chi connectivity index (χ0n) is 12.8. The van der Waals surface area contributed by atoms with Crippen molar-refractivity contribution in [2.75, 3.05) is 13.1 Å². The molecule has 0 saturated carbocycles. The van der Waals surface area contributed by atoms with E-state index < -0.39 is 0 Å². The van der Waals surface area contributed by atoms with Crippen molar-refractivity contribution < 1.29 is 9.53 Å². The first-order valence-electron chi connectivity index (χ1n) is 7.96. The summed E-state index contributed by atoms with van der Waals surface area (Å²) in [6, 6.07) is 9.53. The number of piperidine rings is 1. The third-order valence-electron chi connectivity index (χ3n) is 3.99. The standard InChI is InChI=1S/C17H26N2O2/c1-2-3-9-16(18)17(20)19-12-10-15(11-13-19)21-14-7-5-4-6-8-14/h4-8,15-16H,2-3,9-13,18H2,1H3. The molecule has 2 rings (SSSR count). The van der Waals surface area contributed by atoms with Gasteiger partial charge in [-0.1, -0.05) is 38.0 Å². The monoisotopic (exact) mass is 290 g/mol. The summed E-state index contributed by atoms with van der Waals surface area (Å²) in [5.74, 6) is 1.00. The molecule has 1 aromatic rings. The molecular weight excluding hydrogens is 264 g/mol. The van der Waals surface area contributed by atoms with Crippen LogP contribution in [0, 0.1) is 0 Å². The minimum Gasteiger partial charge on any atom is -0.490 e. The fourth-order valence-corrected chi connectivity index (χ4v) is 2.67. The predicted octanol–water partition coefficient (Wildman–Crippen LogP) is 2.57. The molecule has 0 aliphatic carbocycles. The van der Waals surface area contributed by atoms with Gasteiger partial charge >= 0.3 is 0 Å². The van der Waals surface area contributed by atoms with E-state index in [9.17, 15) is 4.79 Å². The Kier molecular flexibility index (Phi) is 6.05. The highest BCUT2D eigenvalue weighted by Gasteiger charge is 2.26. The number of nitrogens with zero attached hydrogens (tertiary/aromatic N) is 1. The molecule has 1 aliphatic heterocycles. The summed E-state index contributed by atoms with van der Waals surface area (Å²) in [5.41, 5.74) is 5.97. The molecule has 1 saturated heterocycles. The van der Waals surface area contributed by atoms with Gasteiger partial charge in [0.15, 0.2) is 0 Å². The number of para-hydroxylation sites is 1. The fraction of sp³-hybridized carbons (Fsp3) is 0.588. The Morgan fingerprint density at radius 1 is 1.33 bits per heavy atom. The number of hydrogen-bond acceptors (Lipinski definition) is 3. The molecule has 0 radical (unpaired) electrons. The lowest BCUT2D eigenvalue weighted by Crippen LogP contribution is -2.48. The normalized spacial score (nSPS) is 17.5. The van der Waals surface area contributed by atoms with Gasteiger partial charge in [0.25, 0.3) is 0 Å². The molecule has 0 aromatic heterocycles. The van der Waals surface area contributed by atoms with Gasteiger partial charge in [-0.25, -0.2) is 0 Å². The van der Waals surface area contributed by atoms with Crippen LogP contribution in [0.15, 0.2) is 30.3 Å². The van der Waals surface area contributed by atoms with Crippen molar-refractivity contribution in [3.8, 4) is 5.75 Å². The van der Waals surface area contributed by atoms with E-state index in [1.54, 1.807) is 0 Å². The summed E-state index contributed by atoms with van der Waals surface area (Å²) in [6.45, 7) is 3.61. The maximum absolute atomic E-state index is 12.2. The maximum atomic E-state index is 12.2. The number of carbonyl (C=O) groups is 1. The number of rotatable bonds is 6. The van der Waals surface area contributed by atoms with E-state index in [2.05, 4.69) is 6.92 Å². The van der Waals surface area contributed by atoms with Crippen LogP contribution in [-0.4, -0.2) is 36.0 Å². The molecular formula is C17H26N2O2. The van der Waals surface area contributed by atoms with Gasteiger partial charge in [0, 0.05) is 25.9 Å². The lowest BCUT2D eigenvalue weighted by atomic mass is 10.0. The van der Waals surface area contributed by atoms with Crippen LogP contribution < -0.4 is 10.5 Å². The van der Waals surface area contributed by atoms with E-state index in [0.29, 0.717) is 0 Å².